The Morgan fingerprint density at radius 1 is 1.33 bits per heavy atom. The van der Waals surface area contributed by atoms with Crippen molar-refractivity contribution < 1.29 is 4.74 Å². The van der Waals surface area contributed by atoms with Crippen LogP contribution >= 0.6 is 0 Å². The lowest BCUT2D eigenvalue weighted by Gasteiger charge is -2.30. The zero-order valence-corrected chi connectivity index (χ0v) is 12.7. The summed E-state index contributed by atoms with van der Waals surface area (Å²) in [5, 5.41) is 4.58. The third-order valence-electron chi connectivity index (χ3n) is 4.06. The van der Waals surface area contributed by atoms with Crippen LogP contribution < -0.4 is 5.73 Å². The van der Waals surface area contributed by atoms with Gasteiger partial charge >= 0.3 is 0 Å². The summed E-state index contributed by atoms with van der Waals surface area (Å²) < 4.78 is 7.90. The first-order valence-electron chi connectivity index (χ1n) is 7.64. The number of ether oxygens (including phenoxy) is 1. The van der Waals surface area contributed by atoms with Crippen LogP contribution in [0.25, 0.3) is 0 Å². The van der Waals surface area contributed by atoms with Crippen molar-refractivity contribution in [2.45, 2.75) is 44.9 Å². The van der Waals surface area contributed by atoms with E-state index in [-0.39, 0.29) is 12.1 Å². The van der Waals surface area contributed by atoms with Gasteiger partial charge in [-0.25, -0.2) is 0 Å². The van der Waals surface area contributed by atoms with E-state index in [9.17, 15) is 0 Å². The fourth-order valence-electron chi connectivity index (χ4n) is 2.90. The molecule has 4 heteroatoms. The Labute approximate surface area is 125 Å². The highest BCUT2D eigenvalue weighted by Crippen LogP contribution is 2.29. The lowest BCUT2D eigenvalue weighted by molar-refractivity contribution is 0.0244. The quantitative estimate of drug-likeness (QED) is 0.939. The monoisotopic (exact) mass is 285 g/mol. The standard InChI is InChI=1S/C17H23N3O/c1-12(2)20-9-7-14(19-20)11-16(18)17-15-6-4-3-5-13(15)8-10-21-17/h3-7,9,12,16-17H,8,10-11,18H2,1-2H3. The highest BCUT2D eigenvalue weighted by atomic mass is 16.5. The smallest absolute Gasteiger partial charge is 0.0982 e. The van der Waals surface area contributed by atoms with Crippen molar-refractivity contribution in [3.63, 3.8) is 0 Å². The molecule has 21 heavy (non-hydrogen) atoms. The lowest BCUT2D eigenvalue weighted by Crippen LogP contribution is -2.35. The van der Waals surface area contributed by atoms with E-state index in [1.165, 1.54) is 11.1 Å². The molecule has 2 heterocycles. The van der Waals surface area contributed by atoms with Crippen LogP contribution in [0.4, 0.5) is 0 Å². The average Bonchev–Trinajstić information content (AvgIpc) is 2.95. The van der Waals surface area contributed by atoms with Gasteiger partial charge in [-0.2, -0.15) is 5.10 Å². The summed E-state index contributed by atoms with van der Waals surface area (Å²) in [7, 11) is 0. The molecule has 0 aliphatic carbocycles. The summed E-state index contributed by atoms with van der Waals surface area (Å²) in [5.41, 5.74) is 10.0. The van der Waals surface area contributed by atoms with Gasteiger partial charge in [-0.3, -0.25) is 4.68 Å². The molecule has 0 saturated carbocycles. The predicted molar refractivity (Wildman–Crippen MR) is 83.1 cm³/mol. The number of fused-ring (bicyclic) bond motifs is 1. The number of aromatic nitrogens is 2. The van der Waals surface area contributed by atoms with Gasteiger partial charge in [0, 0.05) is 24.7 Å². The van der Waals surface area contributed by atoms with Gasteiger partial charge in [-0.15, -0.1) is 0 Å². The van der Waals surface area contributed by atoms with E-state index in [0.29, 0.717) is 6.04 Å². The van der Waals surface area contributed by atoms with Gasteiger partial charge in [0.25, 0.3) is 0 Å². The molecule has 0 radical (unpaired) electrons. The number of nitrogens with zero attached hydrogens (tertiary/aromatic N) is 2. The fraction of sp³-hybridized carbons (Fsp3) is 0.471. The number of nitrogens with two attached hydrogens (primary N) is 1. The van der Waals surface area contributed by atoms with Crippen molar-refractivity contribution in [1.82, 2.24) is 9.78 Å². The van der Waals surface area contributed by atoms with Crippen LogP contribution in [0.5, 0.6) is 0 Å². The van der Waals surface area contributed by atoms with E-state index < -0.39 is 0 Å². The molecule has 2 unspecified atom stereocenters. The molecule has 2 atom stereocenters. The van der Waals surface area contributed by atoms with Crippen molar-refractivity contribution in [2.24, 2.45) is 5.73 Å². The molecule has 4 nitrogen and oxygen atoms in total. The second-order valence-electron chi connectivity index (χ2n) is 5.99. The maximum absolute atomic E-state index is 6.41. The SMILES string of the molecule is CC(C)n1ccc(CC(N)C2OCCc3ccccc32)n1. The Bertz CT molecular complexity index is 606. The molecule has 0 amide bonds. The van der Waals surface area contributed by atoms with Crippen LogP contribution in [0.2, 0.25) is 0 Å². The van der Waals surface area contributed by atoms with E-state index >= 15 is 0 Å². The molecule has 0 bridgehead atoms. The first-order valence-corrected chi connectivity index (χ1v) is 7.64. The Morgan fingerprint density at radius 2 is 2.14 bits per heavy atom. The van der Waals surface area contributed by atoms with Crippen LogP contribution in [-0.4, -0.2) is 22.4 Å². The molecule has 2 aromatic rings. The highest BCUT2D eigenvalue weighted by molar-refractivity contribution is 5.32. The Kier molecular flexibility index (Phi) is 4.08. The summed E-state index contributed by atoms with van der Waals surface area (Å²) in [6.07, 6.45) is 3.70. The van der Waals surface area contributed by atoms with E-state index in [4.69, 9.17) is 10.5 Å². The molecule has 3 rings (SSSR count). The first-order chi connectivity index (χ1) is 10.1. The largest absolute Gasteiger partial charge is 0.372 e. The molecule has 1 aromatic carbocycles. The van der Waals surface area contributed by atoms with Gasteiger partial charge in [0.2, 0.25) is 0 Å². The Morgan fingerprint density at radius 3 is 2.90 bits per heavy atom. The Balaban J connectivity index is 1.75. The molecule has 1 aromatic heterocycles. The van der Waals surface area contributed by atoms with Gasteiger partial charge in [0.15, 0.2) is 0 Å². The van der Waals surface area contributed by atoms with E-state index in [2.05, 4.69) is 49.3 Å². The lowest BCUT2D eigenvalue weighted by atomic mass is 9.92. The highest BCUT2D eigenvalue weighted by Gasteiger charge is 2.26. The van der Waals surface area contributed by atoms with Crippen LogP contribution in [0.1, 0.15) is 42.8 Å². The van der Waals surface area contributed by atoms with E-state index in [0.717, 1.165) is 25.1 Å². The summed E-state index contributed by atoms with van der Waals surface area (Å²) in [6, 6.07) is 10.8. The maximum Gasteiger partial charge on any atom is 0.0982 e. The second kappa shape index (κ2) is 6.00. The van der Waals surface area contributed by atoms with E-state index in [1.54, 1.807) is 0 Å². The third-order valence-corrected chi connectivity index (χ3v) is 4.06. The number of rotatable bonds is 4. The van der Waals surface area contributed by atoms with Crippen LogP contribution in [-0.2, 0) is 17.6 Å². The molecular weight excluding hydrogens is 262 g/mol. The first kappa shape index (κ1) is 14.3. The summed E-state index contributed by atoms with van der Waals surface area (Å²) in [6.45, 7) is 4.99. The summed E-state index contributed by atoms with van der Waals surface area (Å²) in [5.74, 6) is 0. The third kappa shape index (κ3) is 3.01. The van der Waals surface area contributed by atoms with Gasteiger partial charge < -0.3 is 10.5 Å². The van der Waals surface area contributed by atoms with Gasteiger partial charge in [-0.05, 0) is 37.5 Å². The second-order valence-corrected chi connectivity index (χ2v) is 5.99. The van der Waals surface area contributed by atoms with Gasteiger partial charge in [-0.1, -0.05) is 24.3 Å². The van der Waals surface area contributed by atoms with Crippen molar-refractivity contribution in [2.75, 3.05) is 6.61 Å². The van der Waals surface area contributed by atoms with Gasteiger partial charge in [0.05, 0.1) is 18.4 Å². The average molecular weight is 285 g/mol. The van der Waals surface area contributed by atoms with Crippen molar-refractivity contribution in [1.29, 1.82) is 0 Å². The van der Waals surface area contributed by atoms with Crippen LogP contribution in [0.15, 0.2) is 36.5 Å². The van der Waals surface area contributed by atoms with Crippen molar-refractivity contribution in [3.8, 4) is 0 Å². The molecule has 2 N–H and O–H groups in total. The Hall–Kier alpha value is -1.65. The van der Waals surface area contributed by atoms with Crippen molar-refractivity contribution in [3.05, 3.63) is 53.3 Å². The molecule has 1 aliphatic heterocycles. The minimum Gasteiger partial charge on any atom is -0.372 e. The number of hydrogen-bond donors (Lipinski definition) is 1. The zero-order valence-electron chi connectivity index (χ0n) is 12.7. The minimum absolute atomic E-state index is 0.0286. The molecule has 0 fully saturated rings. The molecule has 112 valence electrons. The van der Waals surface area contributed by atoms with Gasteiger partial charge in [0.1, 0.15) is 0 Å². The van der Waals surface area contributed by atoms with Crippen molar-refractivity contribution >= 4 is 0 Å². The molecule has 0 spiro atoms. The fourth-order valence-corrected chi connectivity index (χ4v) is 2.90. The van der Waals surface area contributed by atoms with E-state index in [1.807, 2.05) is 10.9 Å². The number of hydrogen-bond acceptors (Lipinski definition) is 3. The number of benzene rings is 1. The predicted octanol–water partition coefficient (Wildman–Crippen LogP) is 2.65. The topological polar surface area (TPSA) is 53.1 Å². The molecular formula is C17H23N3O. The maximum atomic E-state index is 6.41. The minimum atomic E-state index is -0.0676. The summed E-state index contributed by atoms with van der Waals surface area (Å²) in [4.78, 5) is 0. The molecule has 1 aliphatic rings. The summed E-state index contributed by atoms with van der Waals surface area (Å²) >= 11 is 0. The zero-order chi connectivity index (χ0) is 14.8. The normalized spacial score (nSPS) is 19.5. The van der Waals surface area contributed by atoms with Crippen LogP contribution in [0, 0.1) is 0 Å². The van der Waals surface area contributed by atoms with Crippen LogP contribution in [0.3, 0.4) is 0 Å². The molecule has 0 saturated heterocycles.